The number of nitrogens with two attached hydrogens (primary N) is 1. The standard InChI is InChI=1S/C15H14N4O2/c1-21-13-4-2-3-12(8-13)18-15(20)19-14-6-5-11(17)7-10(14)9-16/h2-8H,17H2,1H3,(H2,18,19,20). The Bertz CT molecular complexity index is 707. The van der Waals surface area contributed by atoms with Crippen molar-refractivity contribution in [3.8, 4) is 11.8 Å². The highest BCUT2D eigenvalue weighted by Gasteiger charge is 2.07. The summed E-state index contributed by atoms with van der Waals surface area (Å²) in [6, 6.07) is 13.2. The van der Waals surface area contributed by atoms with E-state index in [4.69, 9.17) is 15.7 Å². The van der Waals surface area contributed by atoms with Crippen molar-refractivity contribution < 1.29 is 9.53 Å². The maximum Gasteiger partial charge on any atom is 0.323 e. The van der Waals surface area contributed by atoms with Crippen LogP contribution in [0.25, 0.3) is 0 Å². The van der Waals surface area contributed by atoms with Crippen LogP contribution in [-0.2, 0) is 0 Å². The fourth-order valence-corrected chi connectivity index (χ4v) is 1.75. The Kier molecular flexibility index (Phi) is 4.26. The summed E-state index contributed by atoms with van der Waals surface area (Å²) in [5, 5.41) is 14.3. The molecule has 0 fully saturated rings. The first kappa shape index (κ1) is 14.2. The molecule has 0 radical (unpaired) electrons. The Morgan fingerprint density at radius 2 is 2.05 bits per heavy atom. The molecule has 0 aromatic heterocycles. The number of nitrogens with one attached hydrogen (secondary N) is 2. The predicted octanol–water partition coefficient (Wildman–Crippen LogP) is 2.79. The van der Waals surface area contributed by atoms with Crippen LogP contribution in [0.1, 0.15) is 5.56 Å². The summed E-state index contributed by atoms with van der Waals surface area (Å²) in [7, 11) is 1.55. The molecule has 2 amide bonds. The number of nitriles is 1. The summed E-state index contributed by atoms with van der Waals surface area (Å²) in [4.78, 5) is 11.9. The zero-order chi connectivity index (χ0) is 15.2. The van der Waals surface area contributed by atoms with Crippen LogP contribution < -0.4 is 21.1 Å². The molecule has 2 aromatic rings. The first-order chi connectivity index (χ1) is 10.1. The lowest BCUT2D eigenvalue weighted by Gasteiger charge is -2.10. The summed E-state index contributed by atoms with van der Waals surface area (Å²) in [6.45, 7) is 0. The van der Waals surface area contributed by atoms with E-state index in [9.17, 15) is 4.79 Å². The first-order valence-corrected chi connectivity index (χ1v) is 6.14. The second-order valence-corrected chi connectivity index (χ2v) is 4.23. The van der Waals surface area contributed by atoms with E-state index in [-0.39, 0.29) is 0 Å². The van der Waals surface area contributed by atoms with E-state index in [1.165, 1.54) is 6.07 Å². The van der Waals surface area contributed by atoms with E-state index < -0.39 is 6.03 Å². The minimum Gasteiger partial charge on any atom is -0.497 e. The van der Waals surface area contributed by atoms with E-state index >= 15 is 0 Å². The van der Waals surface area contributed by atoms with E-state index in [2.05, 4.69) is 10.6 Å². The summed E-state index contributed by atoms with van der Waals surface area (Å²) >= 11 is 0. The predicted molar refractivity (Wildman–Crippen MR) is 81.2 cm³/mol. The van der Waals surface area contributed by atoms with Gasteiger partial charge in [0.2, 0.25) is 0 Å². The first-order valence-electron chi connectivity index (χ1n) is 6.14. The molecule has 0 heterocycles. The average molecular weight is 282 g/mol. The van der Waals surface area contributed by atoms with Crippen molar-refractivity contribution in [3.05, 3.63) is 48.0 Å². The van der Waals surface area contributed by atoms with Crippen LogP contribution in [0.3, 0.4) is 0 Å². The number of anilines is 3. The smallest absolute Gasteiger partial charge is 0.323 e. The van der Waals surface area contributed by atoms with Gasteiger partial charge in [0.15, 0.2) is 0 Å². The lowest BCUT2D eigenvalue weighted by molar-refractivity contribution is 0.262. The van der Waals surface area contributed by atoms with E-state index in [0.717, 1.165) is 0 Å². The third-order valence-corrected chi connectivity index (χ3v) is 2.74. The van der Waals surface area contributed by atoms with Gasteiger partial charge in [-0.2, -0.15) is 5.26 Å². The highest BCUT2D eigenvalue weighted by molar-refractivity contribution is 6.00. The van der Waals surface area contributed by atoms with Crippen molar-refractivity contribution in [1.29, 1.82) is 5.26 Å². The quantitative estimate of drug-likeness (QED) is 0.753. The molecular weight excluding hydrogens is 268 g/mol. The number of nitrogen functional groups attached to an aromatic ring is 1. The molecule has 0 aliphatic carbocycles. The highest BCUT2D eigenvalue weighted by Crippen LogP contribution is 2.19. The maximum atomic E-state index is 11.9. The van der Waals surface area contributed by atoms with Crippen molar-refractivity contribution in [2.45, 2.75) is 0 Å². The van der Waals surface area contributed by atoms with Crippen molar-refractivity contribution in [2.75, 3.05) is 23.5 Å². The van der Waals surface area contributed by atoms with Gasteiger partial charge in [-0.15, -0.1) is 0 Å². The zero-order valence-electron chi connectivity index (χ0n) is 11.4. The SMILES string of the molecule is COc1cccc(NC(=O)Nc2ccc(N)cc2C#N)c1. The molecule has 0 bridgehead atoms. The Labute approximate surface area is 122 Å². The number of carbonyl (C=O) groups excluding carboxylic acids is 1. The van der Waals surface area contributed by atoms with Gasteiger partial charge in [0, 0.05) is 17.4 Å². The molecule has 0 saturated carbocycles. The van der Waals surface area contributed by atoms with E-state index in [1.54, 1.807) is 43.5 Å². The normalized spacial score (nSPS) is 9.52. The number of benzene rings is 2. The molecule has 2 aromatic carbocycles. The van der Waals surface area contributed by atoms with Gasteiger partial charge >= 0.3 is 6.03 Å². The van der Waals surface area contributed by atoms with Crippen LogP contribution in [0.5, 0.6) is 5.75 Å². The van der Waals surface area contributed by atoms with Gasteiger partial charge in [-0.1, -0.05) is 6.07 Å². The van der Waals surface area contributed by atoms with Crippen LogP contribution in [0.4, 0.5) is 21.9 Å². The zero-order valence-corrected chi connectivity index (χ0v) is 11.4. The van der Waals surface area contributed by atoms with Crippen LogP contribution >= 0.6 is 0 Å². The Hall–Kier alpha value is -3.20. The average Bonchev–Trinajstić information content (AvgIpc) is 2.49. The van der Waals surface area contributed by atoms with Gasteiger partial charge in [-0.25, -0.2) is 4.79 Å². The minimum atomic E-state index is -0.454. The maximum absolute atomic E-state index is 11.9. The molecule has 106 valence electrons. The number of urea groups is 1. The molecule has 0 aliphatic rings. The van der Waals surface area contributed by atoms with Crippen molar-refractivity contribution in [1.82, 2.24) is 0 Å². The molecule has 21 heavy (non-hydrogen) atoms. The van der Waals surface area contributed by atoms with Crippen LogP contribution in [-0.4, -0.2) is 13.1 Å². The highest BCUT2D eigenvalue weighted by atomic mass is 16.5. The van der Waals surface area contributed by atoms with Gasteiger partial charge in [-0.3, -0.25) is 0 Å². The topological polar surface area (TPSA) is 100 Å². The lowest BCUT2D eigenvalue weighted by atomic mass is 10.2. The molecular formula is C15H14N4O2. The van der Waals surface area contributed by atoms with Gasteiger partial charge in [0.25, 0.3) is 0 Å². The Morgan fingerprint density at radius 3 is 2.76 bits per heavy atom. The number of ether oxygens (including phenoxy) is 1. The number of amides is 2. The van der Waals surface area contributed by atoms with Gasteiger partial charge in [0.05, 0.1) is 18.4 Å². The van der Waals surface area contributed by atoms with E-state index in [0.29, 0.717) is 28.4 Å². The molecule has 2 rings (SSSR count). The summed E-state index contributed by atoms with van der Waals surface area (Å²) in [5.74, 6) is 0.637. The second kappa shape index (κ2) is 6.30. The number of rotatable bonds is 3. The van der Waals surface area contributed by atoms with Crippen LogP contribution in [0.15, 0.2) is 42.5 Å². The monoisotopic (exact) mass is 282 g/mol. The van der Waals surface area contributed by atoms with Crippen molar-refractivity contribution >= 4 is 23.1 Å². The number of carbonyl (C=O) groups is 1. The Balaban J connectivity index is 2.10. The summed E-state index contributed by atoms with van der Waals surface area (Å²) in [6.07, 6.45) is 0. The fraction of sp³-hybridized carbons (Fsp3) is 0.0667. The summed E-state index contributed by atoms with van der Waals surface area (Å²) in [5.41, 5.74) is 7.34. The van der Waals surface area contributed by atoms with E-state index in [1.807, 2.05) is 6.07 Å². The molecule has 0 unspecified atom stereocenters. The minimum absolute atomic E-state index is 0.302. The number of hydrogen-bond donors (Lipinski definition) is 3. The molecule has 6 heteroatoms. The van der Waals surface area contributed by atoms with Gasteiger partial charge in [-0.05, 0) is 30.3 Å². The Morgan fingerprint density at radius 1 is 1.24 bits per heavy atom. The second-order valence-electron chi connectivity index (χ2n) is 4.23. The van der Waals surface area contributed by atoms with Crippen LogP contribution in [0, 0.1) is 11.3 Å². The summed E-state index contributed by atoms with van der Waals surface area (Å²) < 4.78 is 5.08. The molecule has 0 aliphatic heterocycles. The number of hydrogen-bond acceptors (Lipinski definition) is 4. The fourth-order valence-electron chi connectivity index (χ4n) is 1.75. The third-order valence-electron chi connectivity index (χ3n) is 2.74. The number of nitrogens with zero attached hydrogens (tertiary/aromatic N) is 1. The molecule has 4 N–H and O–H groups in total. The third kappa shape index (κ3) is 3.64. The van der Waals surface area contributed by atoms with Gasteiger partial charge < -0.3 is 21.1 Å². The molecule has 0 atom stereocenters. The molecule has 0 saturated heterocycles. The molecule has 6 nitrogen and oxygen atoms in total. The number of methoxy groups -OCH3 is 1. The van der Waals surface area contributed by atoms with Gasteiger partial charge in [0.1, 0.15) is 11.8 Å². The van der Waals surface area contributed by atoms with Crippen molar-refractivity contribution in [3.63, 3.8) is 0 Å². The molecule has 0 spiro atoms. The van der Waals surface area contributed by atoms with Crippen molar-refractivity contribution in [2.24, 2.45) is 0 Å². The van der Waals surface area contributed by atoms with Crippen LogP contribution in [0.2, 0.25) is 0 Å². The largest absolute Gasteiger partial charge is 0.497 e. The lowest BCUT2D eigenvalue weighted by Crippen LogP contribution is -2.20.